The highest BCUT2D eigenvalue weighted by molar-refractivity contribution is 5.93. The molecule has 0 radical (unpaired) electrons. The van der Waals surface area contributed by atoms with Crippen LogP contribution in [0, 0.1) is 0 Å². The summed E-state index contributed by atoms with van der Waals surface area (Å²) < 4.78 is 0. The van der Waals surface area contributed by atoms with Crippen LogP contribution in [0.3, 0.4) is 0 Å². The van der Waals surface area contributed by atoms with Crippen molar-refractivity contribution >= 4 is 17.3 Å². The van der Waals surface area contributed by atoms with E-state index in [1.807, 2.05) is 20.0 Å². The normalized spacial score (nSPS) is 13.2. The highest BCUT2D eigenvalue weighted by Crippen LogP contribution is 2.27. The van der Waals surface area contributed by atoms with Gasteiger partial charge in [-0.2, -0.15) is 0 Å². The number of benzene rings is 1. The molecule has 1 heterocycles. The smallest absolute Gasteiger partial charge is 0.226 e. The predicted octanol–water partition coefficient (Wildman–Crippen LogP) is 2.03. The Labute approximate surface area is 90.1 Å². The molecular weight excluding hydrogens is 188 g/mol. The SMILES string of the molecule is CCC(=O)N(C)c1ccc2c(c1)NCC2. The summed E-state index contributed by atoms with van der Waals surface area (Å²) in [5.74, 6) is 0.146. The lowest BCUT2D eigenvalue weighted by Crippen LogP contribution is -2.25. The Hall–Kier alpha value is -1.51. The third kappa shape index (κ3) is 1.82. The van der Waals surface area contributed by atoms with Gasteiger partial charge in [-0.1, -0.05) is 13.0 Å². The Morgan fingerprint density at radius 1 is 1.53 bits per heavy atom. The minimum absolute atomic E-state index is 0.146. The predicted molar refractivity (Wildman–Crippen MR) is 62.3 cm³/mol. The van der Waals surface area contributed by atoms with E-state index in [2.05, 4.69) is 17.4 Å². The molecule has 0 spiro atoms. The molecule has 1 aromatic rings. The molecule has 1 amide bonds. The van der Waals surface area contributed by atoms with Crippen LogP contribution in [0.4, 0.5) is 11.4 Å². The van der Waals surface area contributed by atoms with Crippen molar-refractivity contribution in [2.24, 2.45) is 0 Å². The average Bonchev–Trinajstić information content (AvgIpc) is 2.73. The summed E-state index contributed by atoms with van der Waals surface area (Å²) >= 11 is 0. The maximum Gasteiger partial charge on any atom is 0.226 e. The maximum atomic E-state index is 11.5. The molecule has 0 saturated heterocycles. The Morgan fingerprint density at radius 2 is 2.33 bits per heavy atom. The summed E-state index contributed by atoms with van der Waals surface area (Å²) in [5.41, 5.74) is 3.48. The molecule has 0 bridgehead atoms. The van der Waals surface area contributed by atoms with Gasteiger partial charge in [-0.15, -0.1) is 0 Å². The zero-order chi connectivity index (χ0) is 10.8. The maximum absolute atomic E-state index is 11.5. The molecule has 1 aromatic carbocycles. The minimum Gasteiger partial charge on any atom is -0.384 e. The van der Waals surface area contributed by atoms with Crippen LogP contribution in [0.1, 0.15) is 18.9 Å². The van der Waals surface area contributed by atoms with E-state index in [1.54, 1.807) is 4.90 Å². The third-order valence-corrected chi connectivity index (χ3v) is 2.87. The van der Waals surface area contributed by atoms with E-state index < -0.39 is 0 Å². The molecule has 0 aromatic heterocycles. The summed E-state index contributed by atoms with van der Waals surface area (Å²) in [4.78, 5) is 13.2. The lowest BCUT2D eigenvalue weighted by molar-refractivity contribution is -0.118. The molecule has 1 aliphatic rings. The minimum atomic E-state index is 0.146. The van der Waals surface area contributed by atoms with Gasteiger partial charge >= 0.3 is 0 Å². The van der Waals surface area contributed by atoms with Crippen LogP contribution in [0.15, 0.2) is 18.2 Å². The number of nitrogens with one attached hydrogen (secondary N) is 1. The second kappa shape index (κ2) is 3.93. The lowest BCUT2D eigenvalue weighted by atomic mass is 10.1. The van der Waals surface area contributed by atoms with Gasteiger partial charge in [0.2, 0.25) is 5.91 Å². The monoisotopic (exact) mass is 204 g/mol. The molecule has 15 heavy (non-hydrogen) atoms. The fourth-order valence-corrected chi connectivity index (χ4v) is 1.87. The third-order valence-electron chi connectivity index (χ3n) is 2.87. The summed E-state index contributed by atoms with van der Waals surface area (Å²) in [6.07, 6.45) is 1.63. The van der Waals surface area contributed by atoms with Crippen molar-refractivity contribution in [2.75, 3.05) is 23.8 Å². The standard InChI is InChI=1S/C12H16N2O/c1-3-12(15)14(2)10-5-4-9-6-7-13-11(9)8-10/h4-5,8,13H,3,6-7H2,1-2H3. The molecule has 3 heteroatoms. The van der Waals surface area contributed by atoms with Gasteiger partial charge in [0.15, 0.2) is 0 Å². The van der Waals surface area contributed by atoms with Gasteiger partial charge in [-0.05, 0) is 24.1 Å². The quantitative estimate of drug-likeness (QED) is 0.799. The van der Waals surface area contributed by atoms with Crippen molar-refractivity contribution in [1.29, 1.82) is 0 Å². The van der Waals surface area contributed by atoms with Gasteiger partial charge < -0.3 is 10.2 Å². The van der Waals surface area contributed by atoms with E-state index in [0.717, 1.165) is 18.7 Å². The Bertz CT molecular complexity index is 387. The molecule has 0 saturated carbocycles. The van der Waals surface area contributed by atoms with Crippen LogP contribution < -0.4 is 10.2 Å². The largest absolute Gasteiger partial charge is 0.384 e. The number of hydrogen-bond donors (Lipinski definition) is 1. The van der Waals surface area contributed by atoms with Crippen LogP contribution in [0.2, 0.25) is 0 Å². The van der Waals surface area contributed by atoms with Crippen LogP contribution >= 0.6 is 0 Å². The van der Waals surface area contributed by atoms with Crippen molar-refractivity contribution in [1.82, 2.24) is 0 Å². The van der Waals surface area contributed by atoms with Crippen molar-refractivity contribution < 1.29 is 4.79 Å². The summed E-state index contributed by atoms with van der Waals surface area (Å²) in [5, 5.41) is 3.31. The number of rotatable bonds is 2. The van der Waals surface area contributed by atoms with Crippen LogP contribution in [0.5, 0.6) is 0 Å². The van der Waals surface area contributed by atoms with Gasteiger partial charge in [-0.3, -0.25) is 4.79 Å². The molecule has 0 aliphatic carbocycles. The molecule has 3 nitrogen and oxygen atoms in total. The molecule has 0 unspecified atom stereocenters. The number of nitrogens with zero attached hydrogens (tertiary/aromatic N) is 1. The average molecular weight is 204 g/mol. The molecule has 2 rings (SSSR count). The molecule has 1 N–H and O–H groups in total. The van der Waals surface area contributed by atoms with Gasteiger partial charge in [0.1, 0.15) is 0 Å². The number of carbonyl (C=O) groups is 1. The Morgan fingerprint density at radius 3 is 3.07 bits per heavy atom. The summed E-state index contributed by atoms with van der Waals surface area (Å²) in [6.45, 7) is 2.88. The first-order valence-electron chi connectivity index (χ1n) is 5.35. The summed E-state index contributed by atoms with van der Waals surface area (Å²) in [6, 6.07) is 6.17. The molecule has 0 fully saturated rings. The Balaban J connectivity index is 2.26. The van der Waals surface area contributed by atoms with Gasteiger partial charge in [0.25, 0.3) is 0 Å². The van der Waals surface area contributed by atoms with E-state index in [9.17, 15) is 4.79 Å². The second-order valence-corrected chi connectivity index (χ2v) is 3.82. The number of anilines is 2. The van der Waals surface area contributed by atoms with E-state index in [-0.39, 0.29) is 5.91 Å². The van der Waals surface area contributed by atoms with Gasteiger partial charge in [0.05, 0.1) is 0 Å². The lowest BCUT2D eigenvalue weighted by Gasteiger charge is -2.17. The summed E-state index contributed by atoms with van der Waals surface area (Å²) in [7, 11) is 1.82. The van der Waals surface area contributed by atoms with E-state index in [4.69, 9.17) is 0 Å². The van der Waals surface area contributed by atoms with Crippen molar-refractivity contribution in [2.45, 2.75) is 19.8 Å². The molecular formula is C12H16N2O. The van der Waals surface area contributed by atoms with Crippen molar-refractivity contribution in [3.63, 3.8) is 0 Å². The fraction of sp³-hybridized carbons (Fsp3) is 0.417. The van der Waals surface area contributed by atoms with Gasteiger partial charge in [0, 0.05) is 31.4 Å². The van der Waals surface area contributed by atoms with Crippen LogP contribution in [-0.2, 0) is 11.2 Å². The number of carbonyl (C=O) groups excluding carboxylic acids is 1. The fourth-order valence-electron chi connectivity index (χ4n) is 1.87. The van der Waals surface area contributed by atoms with Crippen LogP contribution in [-0.4, -0.2) is 19.5 Å². The van der Waals surface area contributed by atoms with E-state index in [1.165, 1.54) is 11.3 Å². The van der Waals surface area contributed by atoms with Crippen molar-refractivity contribution in [3.8, 4) is 0 Å². The second-order valence-electron chi connectivity index (χ2n) is 3.82. The molecule has 80 valence electrons. The highest BCUT2D eigenvalue weighted by atomic mass is 16.2. The first-order chi connectivity index (χ1) is 7.22. The number of hydrogen-bond acceptors (Lipinski definition) is 2. The Kier molecular flexibility index (Phi) is 2.62. The first-order valence-corrected chi connectivity index (χ1v) is 5.35. The van der Waals surface area contributed by atoms with E-state index in [0.29, 0.717) is 6.42 Å². The number of amides is 1. The van der Waals surface area contributed by atoms with Crippen molar-refractivity contribution in [3.05, 3.63) is 23.8 Å². The topological polar surface area (TPSA) is 32.3 Å². The van der Waals surface area contributed by atoms with Gasteiger partial charge in [-0.25, -0.2) is 0 Å². The molecule has 1 aliphatic heterocycles. The zero-order valence-corrected chi connectivity index (χ0v) is 9.21. The first kappa shape index (κ1) is 10.0. The highest BCUT2D eigenvalue weighted by Gasteiger charge is 2.13. The zero-order valence-electron chi connectivity index (χ0n) is 9.21. The number of fused-ring (bicyclic) bond motifs is 1. The van der Waals surface area contributed by atoms with Crippen LogP contribution in [0.25, 0.3) is 0 Å². The molecule has 0 atom stereocenters. The van der Waals surface area contributed by atoms with E-state index >= 15 is 0 Å².